The highest BCUT2D eigenvalue weighted by molar-refractivity contribution is 6.30. The molecule has 0 unspecified atom stereocenters. The highest BCUT2D eigenvalue weighted by atomic mass is 35.5. The molecule has 3 atom stereocenters. The van der Waals surface area contributed by atoms with E-state index < -0.39 is 12.2 Å². The summed E-state index contributed by atoms with van der Waals surface area (Å²) in [4.78, 5) is 23.1. The van der Waals surface area contributed by atoms with Crippen molar-refractivity contribution in [3.05, 3.63) is 47.0 Å². The Hall–Kier alpha value is -1.89. The van der Waals surface area contributed by atoms with Crippen molar-refractivity contribution in [2.75, 3.05) is 6.61 Å². The van der Waals surface area contributed by atoms with E-state index in [4.69, 9.17) is 16.3 Å². The van der Waals surface area contributed by atoms with Gasteiger partial charge in [-0.15, -0.1) is 0 Å². The molecular weight excluding hydrogens is 332 g/mol. The van der Waals surface area contributed by atoms with Crippen molar-refractivity contribution < 1.29 is 19.4 Å². The van der Waals surface area contributed by atoms with E-state index in [1.807, 2.05) is 12.1 Å². The minimum Gasteiger partial charge on any atom is -0.394 e. The molecule has 3 N–H and O–H groups in total. The van der Waals surface area contributed by atoms with Gasteiger partial charge in [0.2, 0.25) is 11.8 Å². The molecule has 7 heteroatoms. The minimum atomic E-state index is -0.562. The maximum Gasteiger partial charge on any atom is 0.223 e. The molecule has 1 aliphatic rings. The van der Waals surface area contributed by atoms with E-state index in [1.165, 1.54) is 6.92 Å². The van der Waals surface area contributed by atoms with Crippen molar-refractivity contribution in [3.8, 4) is 0 Å². The van der Waals surface area contributed by atoms with Crippen LogP contribution >= 0.6 is 11.6 Å². The number of aliphatic hydroxyl groups is 1. The van der Waals surface area contributed by atoms with Gasteiger partial charge in [-0.05, 0) is 17.7 Å². The van der Waals surface area contributed by atoms with Gasteiger partial charge < -0.3 is 20.5 Å². The van der Waals surface area contributed by atoms with Crippen molar-refractivity contribution >= 4 is 23.4 Å². The Morgan fingerprint density at radius 2 is 1.96 bits per heavy atom. The molecule has 0 bridgehead atoms. The van der Waals surface area contributed by atoms with E-state index in [1.54, 1.807) is 24.3 Å². The third kappa shape index (κ3) is 5.63. The zero-order valence-corrected chi connectivity index (χ0v) is 14.1. The fourth-order valence-electron chi connectivity index (χ4n) is 2.43. The minimum absolute atomic E-state index is 0.146. The lowest BCUT2D eigenvalue weighted by Gasteiger charge is -2.31. The van der Waals surface area contributed by atoms with Crippen LogP contribution in [0.25, 0.3) is 0 Å². The van der Waals surface area contributed by atoms with E-state index in [0.29, 0.717) is 11.6 Å². The molecule has 2 amide bonds. The van der Waals surface area contributed by atoms with E-state index in [2.05, 4.69) is 10.6 Å². The number of ether oxygens (including phenoxy) is 1. The summed E-state index contributed by atoms with van der Waals surface area (Å²) in [5.74, 6) is -0.361. The van der Waals surface area contributed by atoms with E-state index in [-0.39, 0.29) is 30.9 Å². The topological polar surface area (TPSA) is 87.7 Å². The molecule has 1 aliphatic heterocycles. The molecule has 1 aromatic carbocycles. The highest BCUT2D eigenvalue weighted by Gasteiger charge is 2.28. The smallest absolute Gasteiger partial charge is 0.223 e. The van der Waals surface area contributed by atoms with E-state index in [0.717, 1.165) is 5.56 Å². The maximum atomic E-state index is 12.0. The van der Waals surface area contributed by atoms with Crippen molar-refractivity contribution in [2.45, 2.75) is 38.1 Å². The highest BCUT2D eigenvalue weighted by Crippen LogP contribution is 2.16. The lowest BCUT2D eigenvalue weighted by Crippen LogP contribution is -2.48. The number of aliphatic hydroxyl groups excluding tert-OH is 1. The summed E-state index contributed by atoms with van der Waals surface area (Å²) in [7, 11) is 0. The number of hydrogen-bond donors (Lipinski definition) is 3. The van der Waals surface area contributed by atoms with E-state index >= 15 is 0 Å². The van der Waals surface area contributed by atoms with Gasteiger partial charge in [0.05, 0.1) is 25.2 Å². The van der Waals surface area contributed by atoms with E-state index in [9.17, 15) is 14.7 Å². The molecule has 0 saturated heterocycles. The average Bonchev–Trinajstić information content (AvgIpc) is 2.55. The summed E-state index contributed by atoms with van der Waals surface area (Å²) in [6, 6.07) is 6.84. The third-order valence-corrected chi connectivity index (χ3v) is 3.87. The third-order valence-electron chi connectivity index (χ3n) is 3.62. The van der Waals surface area contributed by atoms with Crippen LogP contribution in [0.5, 0.6) is 0 Å². The van der Waals surface area contributed by atoms with Crippen LogP contribution in [0.1, 0.15) is 18.9 Å². The number of carbonyl (C=O) groups excluding carboxylic acids is 2. The molecule has 0 aromatic heterocycles. The largest absolute Gasteiger partial charge is 0.394 e. The molecule has 130 valence electrons. The Bertz CT molecular complexity index is 603. The Morgan fingerprint density at radius 1 is 1.25 bits per heavy atom. The van der Waals surface area contributed by atoms with Crippen LogP contribution in [-0.4, -0.2) is 41.8 Å². The Labute approximate surface area is 145 Å². The fourth-order valence-corrected chi connectivity index (χ4v) is 2.55. The standard InChI is InChI=1S/C17H21ClN2O4/c1-11(22)20-15-7-6-14(24-16(15)10-21)8-17(23)19-9-12-2-4-13(18)5-3-12/h2-7,14-16,21H,8-10H2,1H3,(H,19,23)(H,20,22)/t14-,15+,16+/m0/s1. The van der Waals surface area contributed by atoms with Gasteiger partial charge in [-0.2, -0.15) is 0 Å². The Morgan fingerprint density at radius 3 is 2.58 bits per heavy atom. The lowest BCUT2D eigenvalue weighted by molar-refractivity contribution is -0.127. The van der Waals surface area contributed by atoms with Gasteiger partial charge in [-0.25, -0.2) is 0 Å². The molecule has 2 rings (SSSR count). The predicted octanol–water partition coefficient (Wildman–Crippen LogP) is 1.17. The summed E-state index contributed by atoms with van der Waals surface area (Å²) in [5.41, 5.74) is 0.951. The molecule has 0 radical (unpaired) electrons. The molecule has 0 aliphatic carbocycles. The Balaban J connectivity index is 1.83. The van der Waals surface area contributed by atoms with Crippen molar-refractivity contribution in [1.29, 1.82) is 0 Å². The predicted molar refractivity (Wildman–Crippen MR) is 90.4 cm³/mol. The summed E-state index contributed by atoms with van der Waals surface area (Å²) in [6.07, 6.45) is 2.63. The molecule has 6 nitrogen and oxygen atoms in total. The number of rotatable bonds is 6. The van der Waals surface area contributed by atoms with Crippen LogP contribution in [-0.2, 0) is 20.9 Å². The van der Waals surface area contributed by atoms with Crippen LogP contribution in [0, 0.1) is 0 Å². The van der Waals surface area contributed by atoms with Crippen molar-refractivity contribution in [2.24, 2.45) is 0 Å². The van der Waals surface area contributed by atoms with Gasteiger partial charge in [0.25, 0.3) is 0 Å². The number of carbonyl (C=O) groups is 2. The van der Waals surface area contributed by atoms with Gasteiger partial charge >= 0.3 is 0 Å². The molecule has 1 heterocycles. The molecule has 24 heavy (non-hydrogen) atoms. The number of amides is 2. The Kier molecular flexibility index (Phi) is 6.78. The molecular formula is C17H21ClN2O4. The number of nitrogens with one attached hydrogen (secondary N) is 2. The zero-order valence-electron chi connectivity index (χ0n) is 13.4. The summed E-state index contributed by atoms with van der Waals surface area (Å²) in [5, 5.41) is 15.5. The zero-order chi connectivity index (χ0) is 17.5. The molecule has 0 fully saturated rings. The van der Waals surface area contributed by atoms with Crippen molar-refractivity contribution in [3.63, 3.8) is 0 Å². The summed E-state index contributed by atoms with van der Waals surface area (Å²) in [6.45, 7) is 1.57. The second-order valence-corrected chi connectivity index (χ2v) is 6.05. The van der Waals surface area contributed by atoms with Crippen molar-refractivity contribution in [1.82, 2.24) is 10.6 Å². The van der Waals surface area contributed by atoms with Crippen LogP contribution in [0.3, 0.4) is 0 Å². The van der Waals surface area contributed by atoms with Crippen LogP contribution < -0.4 is 10.6 Å². The molecule has 0 saturated carbocycles. The maximum absolute atomic E-state index is 12.0. The van der Waals surface area contributed by atoms with Gasteiger partial charge in [-0.1, -0.05) is 35.9 Å². The van der Waals surface area contributed by atoms with Gasteiger partial charge in [0.15, 0.2) is 0 Å². The normalized spacial score (nSPS) is 22.9. The first-order valence-electron chi connectivity index (χ1n) is 7.71. The van der Waals surface area contributed by atoms with Gasteiger partial charge in [-0.3, -0.25) is 9.59 Å². The molecule has 0 spiro atoms. The average molecular weight is 353 g/mol. The number of halogens is 1. The van der Waals surface area contributed by atoms with Crippen LogP contribution in [0.2, 0.25) is 5.02 Å². The fraction of sp³-hybridized carbons (Fsp3) is 0.412. The lowest BCUT2D eigenvalue weighted by atomic mass is 10.0. The quantitative estimate of drug-likeness (QED) is 0.671. The summed E-state index contributed by atoms with van der Waals surface area (Å²) >= 11 is 5.82. The SMILES string of the molecule is CC(=O)N[C@@H]1C=C[C@@H](CC(=O)NCc2ccc(Cl)cc2)O[C@@H]1CO. The summed E-state index contributed by atoms with van der Waals surface area (Å²) < 4.78 is 5.66. The first-order valence-corrected chi connectivity index (χ1v) is 8.08. The molecule has 1 aromatic rings. The monoisotopic (exact) mass is 352 g/mol. The van der Waals surface area contributed by atoms with Gasteiger partial charge in [0.1, 0.15) is 6.10 Å². The first kappa shape index (κ1) is 18.4. The van der Waals surface area contributed by atoms with Crippen LogP contribution in [0.4, 0.5) is 0 Å². The number of hydrogen-bond acceptors (Lipinski definition) is 4. The van der Waals surface area contributed by atoms with Gasteiger partial charge in [0, 0.05) is 18.5 Å². The number of benzene rings is 1. The second kappa shape index (κ2) is 8.82. The van der Waals surface area contributed by atoms with Crippen LogP contribution in [0.15, 0.2) is 36.4 Å². The first-order chi connectivity index (χ1) is 11.5. The second-order valence-electron chi connectivity index (χ2n) is 5.61.